The molecule has 0 aliphatic carbocycles. The first-order valence-electron chi connectivity index (χ1n) is 4.86. The molecular formula is C9H18N2O2. The van der Waals surface area contributed by atoms with Crippen molar-refractivity contribution in [2.24, 2.45) is 11.8 Å². The fourth-order valence-electron chi connectivity index (χ4n) is 1.58. The summed E-state index contributed by atoms with van der Waals surface area (Å²) >= 11 is 0. The van der Waals surface area contributed by atoms with Crippen molar-refractivity contribution in [3.05, 3.63) is 0 Å². The summed E-state index contributed by atoms with van der Waals surface area (Å²) in [6, 6.07) is 0. The lowest BCUT2D eigenvalue weighted by Gasteiger charge is -2.26. The van der Waals surface area contributed by atoms with Gasteiger partial charge in [-0.25, -0.2) is 5.48 Å². The number of amides is 1. The molecule has 1 aliphatic heterocycles. The lowest BCUT2D eigenvalue weighted by atomic mass is 9.91. The summed E-state index contributed by atoms with van der Waals surface area (Å²) < 4.78 is 0. The van der Waals surface area contributed by atoms with Crippen LogP contribution in [-0.2, 0) is 9.63 Å². The van der Waals surface area contributed by atoms with Gasteiger partial charge in [0.05, 0.1) is 12.5 Å². The van der Waals surface area contributed by atoms with Crippen LogP contribution in [0, 0.1) is 11.8 Å². The van der Waals surface area contributed by atoms with Crippen LogP contribution in [0.5, 0.6) is 0 Å². The fraction of sp³-hybridized carbons (Fsp3) is 0.889. The Morgan fingerprint density at radius 1 is 1.62 bits per heavy atom. The first-order chi connectivity index (χ1) is 6.24. The third-order valence-electron chi connectivity index (χ3n) is 2.26. The van der Waals surface area contributed by atoms with Gasteiger partial charge in [-0.2, -0.15) is 0 Å². The van der Waals surface area contributed by atoms with Crippen molar-refractivity contribution in [3.63, 3.8) is 0 Å². The molecule has 0 bridgehead atoms. The van der Waals surface area contributed by atoms with E-state index >= 15 is 0 Å². The Morgan fingerprint density at radius 3 is 3.00 bits per heavy atom. The van der Waals surface area contributed by atoms with Gasteiger partial charge in [-0.05, 0) is 25.8 Å². The van der Waals surface area contributed by atoms with E-state index in [0.717, 1.165) is 19.5 Å². The molecule has 0 aromatic carbocycles. The first kappa shape index (κ1) is 10.5. The second kappa shape index (κ2) is 5.19. The smallest absolute Gasteiger partial charge is 0.247 e. The van der Waals surface area contributed by atoms with Gasteiger partial charge in [0.1, 0.15) is 0 Å². The van der Waals surface area contributed by atoms with Crippen molar-refractivity contribution < 1.29 is 9.63 Å². The van der Waals surface area contributed by atoms with Gasteiger partial charge in [0.25, 0.3) is 0 Å². The zero-order chi connectivity index (χ0) is 9.68. The molecule has 1 aliphatic rings. The molecule has 2 unspecified atom stereocenters. The highest BCUT2D eigenvalue weighted by Crippen LogP contribution is 2.15. The van der Waals surface area contributed by atoms with E-state index in [1.807, 2.05) is 6.92 Å². The van der Waals surface area contributed by atoms with Crippen LogP contribution in [0.4, 0.5) is 0 Å². The standard InChI is InChI=1S/C9H18N2O2/c1-3-13-11-9(12)8-4-7(2)5-10-6-8/h7-8,10H,3-6H2,1-2H3,(H,11,12). The molecule has 1 fully saturated rings. The highest BCUT2D eigenvalue weighted by atomic mass is 16.6. The van der Waals surface area contributed by atoms with Crippen LogP contribution in [-0.4, -0.2) is 25.6 Å². The molecule has 1 heterocycles. The molecule has 76 valence electrons. The molecule has 2 atom stereocenters. The predicted octanol–water partition coefficient (Wildman–Crippen LogP) is 0.300. The molecule has 0 saturated carbocycles. The number of piperidine rings is 1. The van der Waals surface area contributed by atoms with E-state index < -0.39 is 0 Å². The summed E-state index contributed by atoms with van der Waals surface area (Å²) in [7, 11) is 0. The van der Waals surface area contributed by atoms with E-state index in [9.17, 15) is 4.79 Å². The summed E-state index contributed by atoms with van der Waals surface area (Å²) in [6.45, 7) is 6.29. The lowest BCUT2D eigenvalue weighted by molar-refractivity contribution is -0.138. The average molecular weight is 186 g/mol. The molecule has 2 N–H and O–H groups in total. The maximum Gasteiger partial charge on any atom is 0.247 e. The van der Waals surface area contributed by atoms with Crippen molar-refractivity contribution >= 4 is 5.91 Å². The highest BCUT2D eigenvalue weighted by molar-refractivity contribution is 5.77. The zero-order valence-electron chi connectivity index (χ0n) is 8.30. The first-order valence-corrected chi connectivity index (χ1v) is 4.86. The van der Waals surface area contributed by atoms with Crippen LogP contribution in [0.25, 0.3) is 0 Å². The maximum atomic E-state index is 11.4. The molecule has 1 rings (SSSR count). The number of carbonyl (C=O) groups excluding carboxylic acids is 1. The Bertz CT molecular complexity index is 173. The normalized spacial score (nSPS) is 28.5. The van der Waals surface area contributed by atoms with E-state index in [1.54, 1.807) is 0 Å². The summed E-state index contributed by atoms with van der Waals surface area (Å²) in [4.78, 5) is 16.3. The second-order valence-corrected chi connectivity index (χ2v) is 3.60. The largest absolute Gasteiger partial charge is 0.316 e. The third kappa shape index (κ3) is 3.32. The fourth-order valence-corrected chi connectivity index (χ4v) is 1.58. The summed E-state index contributed by atoms with van der Waals surface area (Å²) in [6.07, 6.45) is 0.950. The van der Waals surface area contributed by atoms with E-state index in [2.05, 4.69) is 17.7 Å². The van der Waals surface area contributed by atoms with Gasteiger partial charge >= 0.3 is 0 Å². The molecule has 0 spiro atoms. The molecule has 13 heavy (non-hydrogen) atoms. The van der Waals surface area contributed by atoms with Crippen LogP contribution in [0.3, 0.4) is 0 Å². The van der Waals surface area contributed by atoms with Gasteiger partial charge in [0, 0.05) is 6.54 Å². The van der Waals surface area contributed by atoms with Crippen LogP contribution in [0.1, 0.15) is 20.3 Å². The van der Waals surface area contributed by atoms with Crippen LogP contribution in [0.15, 0.2) is 0 Å². The molecule has 0 radical (unpaired) electrons. The van der Waals surface area contributed by atoms with Crippen molar-refractivity contribution in [2.75, 3.05) is 19.7 Å². The SMILES string of the molecule is CCONC(=O)C1CNCC(C)C1. The zero-order valence-corrected chi connectivity index (χ0v) is 8.30. The van der Waals surface area contributed by atoms with Crippen molar-refractivity contribution in [1.29, 1.82) is 0 Å². The molecule has 4 heteroatoms. The van der Waals surface area contributed by atoms with E-state index in [4.69, 9.17) is 4.84 Å². The van der Waals surface area contributed by atoms with Gasteiger partial charge in [0.2, 0.25) is 5.91 Å². The molecule has 4 nitrogen and oxygen atoms in total. The molecule has 1 amide bonds. The second-order valence-electron chi connectivity index (χ2n) is 3.60. The Hall–Kier alpha value is -0.610. The van der Waals surface area contributed by atoms with E-state index in [0.29, 0.717) is 12.5 Å². The van der Waals surface area contributed by atoms with Gasteiger partial charge in [-0.3, -0.25) is 9.63 Å². The molecular weight excluding hydrogens is 168 g/mol. The minimum atomic E-state index is 0.000833. The summed E-state index contributed by atoms with van der Waals surface area (Å²) in [5.74, 6) is 0.641. The molecule has 0 aromatic rings. The number of hydrogen-bond acceptors (Lipinski definition) is 3. The van der Waals surface area contributed by atoms with E-state index in [-0.39, 0.29) is 11.8 Å². The highest BCUT2D eigenvalue weighted by Gasteiger charge is 2.24. The van der Waals surface area contributed by atoms with Gasteiger partial charge in [0.15, 0.2) is 0 Å². The predicted molar refractivity (Wildman–Crippen MR) is 49.9 cm³/mol. The maximum absolute atomic E-state index is 11.4. The number of nitrogens with one attached hydrogen (secondary N) is 2. The van der Waals surface area contributed by atoms with Gasteiger partial charge < -0.3 is 5.32 Å². The summed E-state index contributed by atoms with van der Waals surface area (Å²) in [5.41, 5.74) is 2.44. The minimum absolute atomic E-state index is 0.000833. The van der Waals surface area contributed by atoms with Gasteiger partial charge in [-0.15, -0.1) is 0 Å². The van der Waals surface area contributed by atoms with Crippen molar-refractivity contribution in [3.8, 4) is 0 Å². The molecule has 1 saturated heterocycles. The summed E-state index contributed by atoms with van der Waals surface area (Å²) in [5, 5.41) is 3.23. The quantitative estimate of drug-likeness (QED) is 0.623. The topological polar surface area (TPSA) is 50.4 Å². The minimum Gasteiger partial charge on any atom is -0.316 e. The number of rotatable bonds is 3. The van der Waals surface area contributed by atoms with Crippen LogP contribution < -0.4 is 10.8 Å². The van der Waals surface area contributed by atoms with Gasteiger partial charge in [-0.1, -0.05) is 6.92 Å². The van der Waals surface area contributed by atoms with Crippen molar-refractivity contribution in [1.82, 2.24) is 10.8 Å². The Balaban J connectivity index is 2.28. The average Bonchev–Trinajstić information content (AvgIpc) is 2.14. The monoisotopic (exact) mass is 186 g/mol. The van der Waals surface area contributed by atoms with Crippen LogP contribution >= 0.6 is 0 Å². The van der Waals surface area contributed by atoms with Crippen molar-refractivity contribution in [2.45, 2.75) is 20.3 Å². The number of hydroxylamine groups is 1. The Kier molecular flexibility index (Phi) is 4.18. The number of hydrogen-bond donors (Lipinski definition) is 2. The molecule has 0 aromatic heterocycles. The number of carbonyl (C=O) groups is 1. The van der Waals surface area contributed by atoms with E-state index in [1.165, 1.54) is 0 Å². The Morgan fingerprint density at radius 2 is 2.38 bits per heavy atom. The third-order valence-corrected chi connectivity index (χ3v) is 2.26. The van der Waals surface area contributed by atoms with Crippen LogP contribution in [0.2, 0.25) is 0 Å². The Labute approximate surface area is 79.0 Å². The lowest BCUT2D eigenvalue weighted by Crippen LogP contribution is -2.43.